The van der Waals surface area contributed by atoms with Crippen LogP contribution in [0.15, 0.2) is 30.5 Å². The summed E-state index contributed by atoms with van der Waals surface area (Å²) in [5, 5.41) is 13.0. The van der Waals surface area contributed by atoms with Crippen molar-refractivity contribution in [1.29, 1.82) is 0 Å². The van der Waals surface area contributed by atoms with Crippen molar-refractivity contribution in [3.8, 4) is 5.75 Å². The van der Waals surface area contributed by atoms with Crippen LogP contribution in [0.25, 0.3) is 0 Å². The van der Waals surface area contributed by atoms with E-state index in [-0.39, 0.29) is 24.9 Å². The fraction of sp³-hybridized carbons (Fsp3) is 0.286. The highest BCUT2D eigenvalue weighted by molar-refractivity contribution is 5.92. The fourth-order valence-electron chi connectivity index (χ4n) is 1.77. The number of hydrogen-bond acceptors (Lipinski definition) is 6. The summed E-state index contributed by atoms with van der Waals surface area (Å²) in [4.78, 5) is 24.4. The van der Waals surface area contributed by atoms with Crippen LogP contribution in [0.3, 0.4) is 0 Å². The lowest BCUT2D eigenvalue weighted by atomic mass is 10.3. The minimum atomic E-state index is -0.627. The van der Waals surface area contributed by atoms with E-state index in [2.05, 4.69) is 20.8 Å². The third-order valence-corrected chi connectivity index (χ3v) is 2.71. The highest BCUT2D eigenvalue weighted by atomic mass is 16.5. The summed E-state index contributed by atoms with van der Waals surface area (Å²) < 4.78 is 9.87. The lowest BCUT2D eigenvalue weighted by Crippen LogP contribution is -2.21. The minimum Gasteiger partial charge on any atom is -0.495 e. The number of para-hydroxylation sites is 2. The quantitative estimate of drug-likeness (QED) is 0.835. The van der Waals surface area contributed by atoms with Crippen molar-refractivity contribution in [3.63, 3.8) is 0 Å². The number of benzene rings is 1. The average Bonchev–Trinajstić information content (AvgIpc) is 2.94. The van der Waals surface area contributed by atoms with E-state index in [1.54, 1.807) is 31.2 Å². The molecule has 0 fully saturated rings. The maximum absolute atomic E-state index is 12.0. The molecular weight excluding hydrogens is 302 g/mol. The molecule has 2 amide bonds. The summed E-state index contributed by atoms with van der Waals surface area (Å²) in [7, 11) is 1.52. The van der Waals surface area contributed by atoms with Gasteiger partial charge in [-0.15, -0.1) is 5.10 Å². The standard InChI is InChI=1S/C14H17N5O4/c1-3-23-14(21)17-12-8-15-19(18-12)9-13(20)16-10-6-4-5-7-11(10)22-2/h4-8H,3,9H2,1-2H3,(H,16,20)(H,17,18,21). The van der Waals surface area contributed by atoms with Crippen molar-refractivity contribution in [2.45, 2.75) is 13.5 Å². The van der Waals surface area contributed by atoms with E-state index in [1.165, 1.54) is 13.3 Å². The van der Waals surface area contributed by atoms with Gasteiger partial charge in [-0.25, -0.2) is 4.79 Å². The van der Waals surface area contributed by atoms with E-state index in [1.807, 2.05) is 0 Å². The first-order valence-electron chi connectivity index (χ1n) is 6.89. The molecule has 0 atom stereocenters. The lowest BCUT2D eigenvalue weighted by Gasteiger charge is -2.09. The first-order chi connectivity index (χ1) is 11.1. The minimum absolute atomic E-state index is 0.109. The van der Waals surface area contributed by atoms with Crippen molar-refractivity contribution in [2.75, 3.05) is 24.4 Å². The maximum Gasteiger partial charge on any atom is 0.412 e. The molecule has 0 aliphatic rings. The lowest BCUT2D eigenvalue weighted by molar-refractivity contribution is -0.117. The van der Waals surface area contributed by atoms with E-state index in [0.29, 0.717) is 11.4 Å². The number of aromatic nitrogens is 3. The van der Waals surface area contributed by atoms with Crippen LogP contribution in [0.1, 0.15) is 6.92 Å². The van der Waals surface area contributed by atoms with Crippen molar-refractivity contribution in [1.82, 2.24) is 15.0 Å². The van der Waals surface area contributed by atoms with Crippen LogP contribution in [0, 0.1) is 0 Å². The molecule has 0 aliphatic carbocycles. The van der Waals surface area contributed by atoms with E-state index < -0.39 is 6.09 Å². The van der Waals surface area contributed by atoms with E-state index in [0.717, 1.165) is 4.80 Å². The molecule has 1 aromatic heterocycles. The summed E-state index contributed by atoms with van der Waals surface area (Å²) in [5.41, 5.74) is 0.553. The molecule has 23 heavy (non-hydrogen) atoms. The van der Waals surface area contributed by atoms with Gasteiger partial charge >= 0.3 is 6.09 Å². The molecule has 0 saturated carbocycles. The van der Waals surface area contributed by atoms with Gasteiger partial charge in [-0.2, -0.15) is 9.90 Å². The first-order valence-corrected chi connectivity index (χ1v) is 6.89. The molecule has 0 aliphatic heterocycles. The van der Waals surface area contributed by atoms with Gasteiger partial charge in [0.15, 0.2) is 5.82 Å². The van der Waals surface area contributed by atoms with E-state index >= 15 is 0 Å². The Hall–Kier alpha value is -3.10. The number of anilines is 2. The predicted molar refractivity (Wildman–Crippen MR) is 82.3 cm³/mol. The van der Waals surface area contributed by atoms with Crippen LogP contribution in [0.5, 0.6) is 5.75 Å². The maximum atomic E-state index is 12.0. The molecule has 9 nitrogen and oxygen atoms in total. The van der Waals surface area contributed by atoms with Gasteiger partial charge in [-0.1, -0.05) is 12.1 Å². The van der Waals surface area contributed by atoms with E-state index in [4.69, 9.17) is 9.47 Å². The molecule has 0 spiro atoms. The monoisotopic (exact) mass is 319 g/mol. The topological polar surface area (TPSA) is 107 Å². The Labute approximate surface area is 132 Å². The SMILES string of the molecule is CCOC(=O)Nc1cnn(CC(=O)Nc2ccccc2OC)n1. The van der Waals surface area contributed by atoms with Gasteiger partial charge in [0.25, 0.3) is 0 Å². The number of amides is 2. The zero-order chi connectivity index (χ0) is 16.7. The second kappa shape index (κ2) is 7.78. The highest BCUT2D eigenvalue weighted by Gasteiger charge is 2.11. The third-order valence-electron chi connectivity index (χ3n) is 2.71. The number of rotatable bonds is 6. The molecule has 0 unspecified atom stereocenters. The molecule has 122 valence electrons. The summed E-state index contributed by atoms with van der Waals surface area (Å²) >= 11 is 0. The zero-order valence-corrected chi connectivity index (χ0v) is 12.8. The highest BCUT2D eigenvalue weighted by Crippen LogP contribution is 2.22. The second-order valence-corrected chi connectivity index (χ2v) is 4.35. The number of carbonyl (C=O) groups excluding carboxylic acids is 2. The Morgan fingerprint density at radius 1 is 1.26 bits per heavy atom. The summed E-state index contributed by atoms with van der Waals surface area (Å²) in [6.45, 7) is 1.84. The van der Waals surface area contributed by atoms with Crippen LogP contribution < -0.4 is 15.4 Å². The molecule has 1 heterocycles. The van der Waals surface area contributed by atoms with Crippen molar-refractivity contribution < 1.29 is 19.1 Å². The number of hydrogen-bond donors (Lipinski definition) is 2. The van der Waals surface area contributed by atoms with Gasteiger partial charge in [-0.3, -0.25) is 10.1 Å². The zero-order valence-electron chi connectivity index (χ0n) is 12.8. The van der Waals surface area contributed by atoms with Crippen LogP contribution in [0.4, 0.5) is 16.3 Å². The fourth-order valence-corrected chi connectivity index (χ4v) is 1.77. The largest absolute Gasteiger partial charge is 0.495 e. The molecule has 2 N–H and O–H groups in total. The summed E-state index contributed by atoms with van der Waals surface area (Å²) in [6, 6.07) is 7.05. The van der Waals surface area contributed by atoms with Gasteiger partial charge in [0, 0.05) is 0 Å². The van der Waals surface area contributed by atoms with Crippen molar-refractivity contribution in [3.05, 3.63) is 30.5 Å². The van der Waals surface area contributed by atoms with Crippen LogP contribution in [0.2, 0.25) is 0 Å². The number of nitrogens with one attached hydrogen (secondary N) is 2. The number of nitrogens with zero attached hydrogens (tertiary/aromatic N) is 3. The average molecular weight is 319 g/mol. The Morgan fingerprint density at radius 2 is 2.04 bits per heavy atom. The van der Waals surface area contributed by atoms with Gasteiger partial charge < -0.3 is 14.8 Å². The Kier molecular flexibility index (Phi) is 5.50. The Morgan fingerprint density at radius 3 is 2.78 bits per heavy atom. The van der Waals surface area contributed by atoms with Gasteiger partial charge in [0.1, 0.15) is 12.3 Å². The van der Waals surface area contributed by atoms with Crippen LogP contribution >= 0.6 is 0 Å². The molecule has 0 radical (unpaired) electrons. The summed E-state index contributed by atoms with van der Waals surface area (Å²) in [6.07, 6.45) is 0.700. The number of ether oxygens (including phenoxy) is 2. The van der Waals surface area contributed by atoms with Gasteiger partial charge in [0.2, 0.25) is 5.91 Å². The Balaban J connectivity index is 1.93. The molecule has 9 heteroatoms. The second-order valence-electron chi connectivity index (χ2n) is 4.35. The molecule has 0 saturated heterocycles. The molecule has 2 rings (SSSR count). The Bertz CT molecular complexity index is 685. The van der Waals surface area contributed by atoms with Crippen LogP contribution in [-0.4, -0.2) is 40.7 Å². The normalized spacial score (nSPS) is 10.0. The smallest absolute Gasteiger partial charge is 0.412 e. The number of methoxy groups -OCH3 is 1. The van der Waals surface area contributed by atoms with Crippen LogP contribution in [-0.2, 0) is 16.1 Å². The van der Waals surface area contributed by atoms with Gasteiger partial charge in [0.05, 0.1) is 25.6 Å². The van der Waals surface area contributed by atoms with E-state index in [9.17, 15) is 9.59 Å². The molecule has 0 bridgehead atoms. The number of carbonyl (C=O) groups is 2. The molecule has 2 aromatic rings. The van der Waals surface area contributed by atoms with Crippen molar-refractivity contribution >= 4 is 23.5 Å². The van der Waals surface area contributed by atoms with Crippen molar-refractivity contribution in [2.24, 2.45) is 0 Å². The molecule has 1 aromatic carbocycles. The predicted octanol–water partition coefficient (Wildman–Crippen LogP) is 1.49. The summed E-state index contributed by atoms with van der Waals surface area (Å²) in [5.74, 6) is 0.431. The third kappa shape index (κ3) is 4.70. The first kappa shape index (κ1) is 16.3. The molecular formula is C14H17N5O4. The van der Waals surface area contributed by atoms with Gasteiger partial charge in [-0.05, 0) is 19.1 Å².